The summed E-state index contributed by atoms with van der Waals surface area (Å²) in [6.45, 7) is 5.31. The van der Waals surface area contributed by atoms with Crippen LogP contribution in [0.25, 0.3) is 0 Å². The van der Waals surface area contributed by atoms with E-state index in [0.717, 1.165) is 0 Å². The van der Waals surface area contributed by atoms with Crippen molar-refractivity contribution in [3.63, 3.8) is 0 Å². The van der Waals surface area contributed by atoms with E-state index >= 15 is 0 Å². The summed E-state index contributed by atoms with van der Waals surface area (Å²) in [5.41, 5.74) is 0.337. The molecule has 1 aliphatic rings. The molecule has 0 N–H and O–H groups in total. The molecule has 0 amide bonds. The molecule has 0 aromatic heterocycles. The Hall–Kier alpha value is -1.18. The van der Waals surface area contributed by atoms with Gasteiger partial charge in [0.2, 0.25) is 6.29 Å². The lowest BCUT2D eigenvalue weighted by Crippen LogP contribution is -2.27. The largest absolute Gasteiger partial charge is 0.293 e. The SMILES string of the molecule is CC1=C([C]=O)C(=O)C(C)(C)C=C1. The van der Waals surface area contributed by atoms with Crippen molar-refractivity contribution in [1.29, 1.82) is 0 Å². The maximum atomic E-state index is 11.5. The predicted molar refractivity (Wildman–Crippen MR) is 46.3 cm³/mol. The van der Waals surface area contributed by atoms with Crippen molar-refractivity contribution in [3.05, 3.63) is 23.3 Å². The Morgan fingerprint density at radius 3 is 2.42 bits per heavy atom. The molecule has 1 aliphatic carbocycles. The molecular weight excluding hydrogens is 152 g/mol. The van der Waals surface area contributed by atoms with E-state index < -0.39 is 5.41 Å². The van der Waals surface area contributed by atoms with Crippen molar-refractivity contribution < 1.29 is 9.59 Å². The van der Waals surface area contributed by atoms with Gasteiger partial charge >= 0.3 is 0 Å². The van der Waals surface area contributed by atoms with Crippen LogP contribution in [0.4, 0.5) is 0 Å². The fourth-order valence-electron chi connectivity index (χ4n) is 1.12. The Morgan fingerprint density at radius 2 is 2.00 bits per heavy atom. The van der Waals surface area contributed by atoms with Gasteiger partial charge in [0.05, 0.1) is 5.57 Å². The van der Waals surface area contributed by atoms with Crippen LogP contribution in [0.2, 0.25) is 0 Å². The number of ketones is 1. The molecule has 63 valence electrons. The van der Waals surface area contributed by atoms with Gasteiger partial charge in [0.25, 0.3) is 0 Å². The first-order valence-corrected chi connectivity index (χ1v) is 3.82. The molecule has 0 fully saturated rings. The van der Waals surface area contributed by atoms with Gasteiger partial charge in [0.15, 0.2) is 5.78 Å². The number of rotatable bonds is 1. The smallest absolute Gasteiger partial charge is 0.237 e. The predicted octanol–water partition coefficient (Wildman–Crippen LogP) is 1.58. The molecule has 0 aromatic carbocycles. The molecule has 2 nitrogen and oxygen atoms in total. The van der Waals surface area contributed by atoms with Gasteiger partial charge < -0.3 is 0 Å². The molecule has 0 saturated carbocycles. The molecule has 12 heavy (non-hydrogen) atoms. The highest BCUT2D eigenvalue weighted by Gasteiger charge is 2.31. The Bertz CT molecular complexity index is 293. The summed E-state index contributed by atoms with van der Waals surface area (Å²) in [5, 5.41) is 0. The van der Waals surface area contributed by atoms with Crippen LogP contribution in [0.1, 0.15) is 20.8 Å². The van der Waals surface area contributed by atoms with Crippen molar-refractivity contribution in [2.75, 3.05) is 0 Å². The maximum absolute atomic E-state index is 11.5. The van der Waals surface area contributed by atoms with Crippen LogP contribution in [0, 0.1) is 5.41 Å². The Kier molecular flexibility index (Phi) is 2.01. The lowest BCUT2D eigenvalue weighted by atomic mass is 9.79. The maximum Gasteiger partial charge on any atom is 0.237 e. The minimum Gasteiger partial charge on any atom is -0.293 e. The highest BCUT2D eigenvalue weighted by molar-refractivity contribution is 6.16. The number of carbonyl (C=O) groups excluding carboxylic acids is 2. The second kappa shape index (κ2) is 2.70. The summed E-state index contributed by atoms with van der Waals surface area (Å²) < 4.78 is 0. The zero-order valence-electron chi connectivity index (χ0n) is 7.47. The molecule has 0 atom stereocenters. The zero-order valence-corrected chi connectivity index (χ0v) is 7.47. The van der Waals surface area contributed by atoms with Crippen molar-refractivity contribution in [2.24, 2.45) is 5.41 Å². The van der Waals surface area contributed by atoms with Crippen molar-refractivity contribution >= 4 is 12.1 Å². The standard InChI is InChI=1S/C10H11O2/c1-7-4-5-10(2,3)9(12)8(7)6-11/h4-5H,1-3H3. The van der Waals surface area contributed by atoms with Crippen LogP contribution < -0.4 is 0 Å². The third-order valence-electron chi connectivity index (χ3n) is 2.06. The number of hydrogen-bond donors (Lipinski definition) is 0. The molecule has 0 saturated heterocycles. The van der Waals surface area contributed by atoms with E-state index in [-0.39, 0.29) is 11.4 Å². The fraction of sp³-hybridized carbons (Fsp3) is 0.400. The second-order valence-electron chi connectivity index (χ2n) is 3.54. The molecule has 2 heteroatoms. The van der Waals surface area contributed by atoms with Gasteiger partial charge in [-0.3, -0.25) is 9.59 Å². The van der Waals surface area contributed by atoms with Crippen LogP contribution in [0.5, 0.6) is 0 Å². The molecule has 0 unspecified atom stereocenters. The third-order valence-corrected chi connectivity index (χ3v) is 2.06. The minimum absolute atomic E-state index is 0.141. The fourth-order valence-corrected chi connectivity index (χ4v) is 1.12. The van der Waals surface area contributed by atoms with Gasteiger partial charge in [-0.25, -0.2) is 0 Å². The molecule has 1 rings (SSSR count). The van der Waals surface area contributed by atoms with Gasteiger partial charge in [0.1, 0.15) is 0 Å². The molecule has 0 spiro atoms. The van der Waals surface area contributed by atoms with E-state index in [4.69, 9.17) is 0 Å². The molecule has 0 bridgehead atoms. The Morgan fingerprint density at radius 1 is 1.42 bits per heavy atom. The molecule has 0 aliphatic heterocycles. The van der Waals surface area contributed by atoms with E-state index in [2.05, 4.69) is 0 Å². The summed E-state index contributed by atoms with van der Waals surface area (Å²) in [7, 11) is 0. The van der Waals surface area contributed by atoms with E-state index in [1.54, 1.807) is 33.1 Å². The quantitative estimate of drug-likeness (QED) is 0.550. The normalized spacial score (nSPS) is 21.4. The van der Waals surface area contributed by atoms with Gasteiger partial charge in [-0.15, -0.1) is 0 Å². The zero-order chi connectivity index (χ0) is 9.35. The summed E-state index contributed by atoms with van der Waals surface area (Å²) in [6, 6.07) is 0. The monoisotopic (exact) mass is 163 g/mol. The summed E-state index contributed by atoms with van der Waals surface area (Å²) in [4.78, 5) is 21.9. The first-order valence-electron chi connectivity index (χ1n) is 3.82. The average Bonchev–Trinajstić information content (AvgIpc) is 2.00. The average molecular weight is 163 g/mol. The van der Waals surface area contributed by atoms with E-state index in [1.165, 1.54) is 0 Å². The molecule has 0 heterocycles. The Labute approximate surface area is 72.0 Å². The van der Waals surface area contributed by atoms with Gasteiger partial charge in [-0.2, -0.15) is 0 Å². The van der Waals surface area contributed by atoms with Crippen LogP contribution in [0.3, 0.4) is 0 Å². The first kappa shape index (κ1) is 8.91. The second-order valence-corrected chi connectivity index (χ2v) is 3.54. The topological polar surface area (TPSA) is 34.1 Å². The molecule has 1 radical (unpaired) electrons. The van der Waals surface area contributed by atoms with Crippen LogP contribution >= 0.6 is 0 Å². The first-order chi connectivity index (χ1) is 5.49. The Balaban J connectivity index is 3.19. The van der Waals surface area contributed by atoms with Crippen LogP contribution in [-0.4, -0.2) is 12.1 Å². The number of hydrogen-bond acceptors (Lipinski definition) is 2. The van der Waals surface area contributed by atoms with Crippen molar-refractivity contribution in [1.82, 2.24) is 0 Å². The van der Waals surface area contributed by atoms with Gasteiger partial charge in [0, 0.05) is 5.41 Å². The number of allylic oxidation sites excluding steroid dienone is 4. The summed E-state index contributed by atoms with van der Waals surface area (Å²) in [5.74, 6) is -0.141. The van der Waals surface area contributed by atoms with E-state index in [9.17, 15) is 9.59 Å². The highest BCUT2D eigenvalue weighted by atomic mass is 16.1. The lowest BCUT2D eigenvalue weighted by Gasteiger charge is -2.22. The summed E-state index contributed by atoms with van der Waals surface area (Å²) in [6.07, 6.45) is 5.29. The number of carbonyl (C=O) groups is 1. The molecule has 0 aromatic rings. The lowest BCUT2D eigenvalue weighted by molar-refractivity contribution is -0.120. The van der Waals surface area contributed by atoms with Crippen molar-refractivity contribution in [2.45, 2.75) is 20.8 Å². The summed E-state index contributed by atoms with van der Waals surface area (Å²) >= 11 is 0. The van der Waals surface area contributed by atoms with E-state index in [0.29, 0.717) is 5.57 Å². The highest BCUT2D eigenvalue weighted by Crippen LogP contribution is 2.28. The van der Waals surface area contributed by atoms with Crippen molar-refractivity contribution in [3.8, 4) is 0 Å². The third kappa shape index (κ3) is 1.24. The van der Waals surface area contributed by atoms with Gasteiger partial charge in [-0.05, 0) is 26.3 Å². The van der Waals surface area contributed by atoms with Crippen LogP contribution in [-0.2, 0) is 9.59 Å². The minimum atomic E-state index is -0.549. The van der Waals surface area contributed by atoms with Crippen LogP contribution in [0.15, 0.2) is 23.3 Å². The number of Topliss-reactive ketones (excluding diaryl/α,β-unsaturated/α-hetero) is 1. The van der Waals surface area contributed by atoms with E-state index in [1.807, 2.05) is 6.08 Å². The van der Waals surface area contributed by atoms with Gasteiger partial charge in [-0.1, -0.05) is 12.2 Å². The molecular formula is C10H11O2.